The van der Waals surface area contributed by atoms with E-state index in [-0.39, 0.29) is 12.5 Å². The van der Waals surface area contributed by atoms with Crippen LogP contribution in [0.3, 0.4) is 0 Å². The number of nitrogens with two attached hydrogens (primary N) is 1. The van der Waals surface area contributed by atoms with Crippen LogP contribution >= 0.6 is 0 Å². The predicted octanol–water partition coefficient (Wildman–Crippen LogP) is 1.25. The molecule has 1 saturated carbocycles. The van der Waals surface area contributed by atoms with Gasteiger partial charge in [-0.3, -0.25) is 14.5 Å². The van der Waals surface area contributed by atoms with E-state index in [0.29, 0.717) is 17.4 Å². The summed E-state index contributed by atoms with van der Waals surface area (Å²) in [6.07, 6.45) is 5.27. The summed E-state index contributed by atoms with van der Waals surface area (Å²) >= 11 is 0. The molecule has 2 N–H and O–H groups in total. The molecule has 0 aromatic heterocycles. The Morgan fingerprint density at radius 3 is 2.50 bits per heavy atom. The summed E-state index contributed by atoms with van der Waals surface area (Å²) in [5.41, 5.74) is 5.67. The summed E-state index contributed by atoms with van der Waals surface area (Å²) in [5, 5.41) is 0. The van der Waals surface area contributed by atoms with Gasteiger partial charge >= 0.3 is 0 Å². The third kappa shape index (κ3) is 4.06. The lowest BCUT2D eigenvalue weighted by Gasteiger charge is -2.38. The monoisotopic (exact) mass is 331 g/mol. The molecule has 3 rings (SSSR count). The molecular formula is C18H25N3O3. The highest BCUT2D eigenvalue weighted by molar-refractivity contribution is 5.94. The quantitative estimate of drug-likeness (QED) is 0.881. The Morgan fingerprint density at radius 1 is 1.12 bits per heavy atom. The van der Waals surface area contributed by atoms with Crippen LogP contribution < -0.4 is 10.5 Å². The standard InChI is InChI=1S/C18H25N3O3/c19-17(22)13-24-16-7-3-4-14(12-16)18(23)21-10-8-20(9-11-21)15-5-1-2-6-15/h3-4,7,12,15H,1-2,5-6,8-11,13H2,(H2,19,22). The van der Waals surface area contributed by atoms with Gasteiger partial charge in [-0.05, 0) is 31.0 Å². The first-order valence-electron chi connectivity index (χ1n) is 8.68. The second-order valence-corrected chi connectivity index (χ2v) is 6.55. The molecule has 1 heterocycles. The predicted molar refractivity (Wildman–Crippen MR) is 90.9 cm³/mol. The van der Waals surface area contributed by atoms with E-state index in [2.05, 4.69) is 4.90 Å². The van der Waals surface area contributed by atoms with Gasteiger partial charge in [0.1, 0.15) is 5.75 Å². The molecule has 1 aromatic carbocycles. The number of hydrogen-bond donors (Lipinski definition) is 1. The first-order chi connectivity index (χ1) is 11.6. The van der Waals surface area contributed by atoms with Crippen molar-refractivity contribution in [1.82, 2.24) is 9.80 Å². The van der Waals surface area contributed by atoms with Gasteiger partial charge in [0.05, 0.1) is 0 Å². The molecule has 1 saturated heterocycles. The van der Waals surface area contributed by atoms with Crippen LogP contribution in [0.5, 0.6) is 5.75 Å². The van der Waals surface area contributed by atoms with Gasteiger partial charge in [0.25, 0.3) is 11.8 Å². The zero-order valence-electron chi connectivity index (χ0n) is 13.9. The Kier molecular flexibility index (Phi) is 5.35. The zero-order valence-corrected chi connectivity index (χ0v) is 13.9. The summed E-state index contributed by atoms with van der Waals surface area (Å²) in [4.78, 5) is 27.9. The maximum Gasteiger partial charge on any atom is 0.255 e. The molecule has 0 atom stereocenters. The van der Waals surface area contributed by atoms with E-state index in [1.54, 1.807) is 24.3 Å². The van der Waals surface area contributed by atoms with Crippen molar-refractivity contribution in [2.24, 2.45) is 5.73 Å². The van der Waals surface area contributed by atoms with Gasteiger partial charge in [0.15, 0.2) is 6.61 Å². The molecule has 0 unspecified atom stereocenters. The summed E-state index contributed by atoms with van der Waals surface area (Å²) in [7, 11) is 0. The van der Waals surface area contributed by atoms with E-state index in [0.717, 1.165) is 26.2 Å². The fraction of sp³-hybridized carbons (Fsp3) is 0.556. The SMILES string of the molecule is NC(=O)COc1cccc(C(=O)N2CCN(C3CCCC3)CC2)c1. The van der Waals surface area contributed by atoms with Crippen molar-refractivity contribution in [2.45, 2.75) is 31.7 Å². The highest BCUT2D eigenvalue weighted by Gasteiger charge is 2.28. The van der Waals surface area contributed by atoms with Crippen LogP contribution in [0.2, 0.25) is 0 Å². The van der Waals surface area contributed by atoms with E-state index in [1.807, 2.05) is 4.90 Å². The van der Waals surface area contributed by atoms with E-state index in [9.17, 15) is 9.59 Å². The van der Waals surface area contributed by atoms with Crippen LogP contribution in [0.1, 0.15) is 36.0 Å². The minimum Gasteiger partial charge on any atom is -0.484 e. The Balaban J connectivity index is 1.56. The molecule has 6 heteroatoms. The minimum absolute atomic E-state index is 0.0191. The molecule has 24 heavy (non-hydrogen) atoms. The number of nitrogens with zero attached hydrogens (tertiary/aromatic N) is 2. The molecule has 0 radical (unpaired) electrons. The molecule has 6 nitrogen and oxygen atoms in total. The summed E-state index contributed by atoms with van der Waals surface area (Å²) in [5.74, 6) is -0.0235. The number of ether oxygens (including phenoxy) is 1. The smallest absolute Gasteiger partial charge is 0.255 e. The van der Waals surface area contributed by atoms with Gasteiger partial charge in [0, 0.05) is 37.8 Å². The normalized spacial score (nSPS) is 19.4. The largest absolute Gasteiger partial charge is 0.484 e. The number of primary amides is 1. The van der Waals surface area contributed by atoms with Crippen LogP contribution in [-0.4, -0.2) is 60.4 Å². The van der Waals surface area contributed by atoms with Crippen molar-refractivity contribution in [1.29, 1.82) is 0 Å². The topological polar surface area (TPSA) is 75.9 Å². The van der Waals surface area contributed by atoms with Crippen LogP contribution in [0.25, 0.3) is 0 Å². The number of piperazine rings is 1. The van der Waals surface area contributed by atoms with Gasteiger partial charge in [-0.15, -0.1) is 0 Å². The van der Waals surface area contributed by atoms with Crippen LogP contribution in [0, 0.1) is 0 Å². The molecule has 1 aromatic rings. The van der Waals surface area contributed by atoms with Crippen LogP contribution in [0.4, 0.5) is 0 Å². The number of amides is 2. The van der Waals surface area contributed by atoms with E-state index < -0.39 is 5.91 Å². The number of carbonyl (C=O) groups is 2. The van der Waals surface area contributed by atoms with Gasteiger partial charge < -0.3 is 15.4 Å². The highest BCUT2D eigenvalue weighted by Crippen LogP contribution is 2.24. The van der Waals surface area contributed by atoms with Crippen molar-refractivity contribution in [3.63, 3.8) is 0 Å². The Hall–Kier alpha value is -2.08. The summed E-state index contributed by atoms with van der Waals surface area (Å²) in [6.45, 7) is 3.25. The molecule has 2 aliphatic rings. The number of carbonyl (C=O) groups excluding carboxylic acids is 2. The second-order valence-electron chi connectivity index (χ2n) is 6.55. The molecule has 0 bridgehead atoms. The molecule has 1 aliphatic heterocycles. The Bertz CT molecular complexity index is 591. The Labute approximate surface area is 142 Å². The first-order valence-corrected chi connectivity index (χ1v) is 8.68. The second kappa shape index (κ2) is 7.66. The lowest BCUT2D eigenvalue weighted by atomic mass is 10.1. The van der Waals surface area contributed by atoms with Gasteiger partial charge in [-0.1, -0.05) is 18.9 Å². The third-order valence-electron chi connectivity index (χ3n) is 4.90. The minimum atomic E-state index is -0.533. The average molecular weight is 331 g/mol. The number of hydrogen-bond acceptors (Lipinski definition) is 4. The molecule has 2 amide bonds. The molecule has 2 fully saturated rings. The first kappa shape index (κ1) is 16.8. The van der Waals surface area contributed by atoms with Crippen molar-refractivity contribution in [2.75, 3.05) is 32.8 Å². The fourth-order valence-electron chi connectivity index (χ4n) is 3.62. The van der Waals surface area contributed by atoms with Crippen molar-refractivity contribution < 1.29 is 14.3 Å². The zero-order chi connectivity index (χ0) is 16.9. The summed E-state index contributed by atoms with van der Waals surface area (Å²) in [6, 6.07) is 7.65. The van der Waals surface area contributed by atoms with Gasteiger partial charge in [-0.2, -0.15) is 0 Å². The van der Waals surface area contributed by atoms with E-state index in [1.165, 1.54) is 25.7 Å². The van der Waals surface area contributed by atoms with Gasteiger partial charge in [-0.25, -0.2) is 0 Å². The summed E-state index contributed by atoms with van der Waals surface area (Å²) < 4.78 is 5.28. The molecule has 1 aliphatic carbocycles. The maximum absolute atomic E-state index is 12.7. The van der Waals surface area contributed by atoms with Crippen molar-refractivity contribution in [3.8, 4) is 5.75 Å². The lowest BCUT2D eigenvalue weighted by molar-refractivity contribution is -0.119. The molecule has 0 spiro atoms. The molecule has 130 valence electrons. The van der Waals surface area contributed by atoms with Crippen molar-refractivity contribution >= 4 is 11.8 Å². The number of rotatable bonds is 5. The van der Waals surface area contributed by atoms with Crippen LogP contribution in [0.15, 0.2) is 24.3 Å². The maximum atomic E-state index is 12.7. The van der Waals surface area contributed by atoms with E-state index in [4.69, 9.17) is 10.5 Å². The van der Waals surface area contributed by atoms with Crippen LogP contribution in [-0.2, 0) is 4.79 Å². The molecular weight excluding hydrogens is 306 g/mol. The fourth-order valence-corrected chi connectivity index (χ4v) is 3.62. The third-order valence-corrected chi connectivity index (χ3v) is 4.90. The van der Waals surface area contributed by atoms with Gasteiger partial charge in [0.2, 0.25) is 0 Å². The van der Waals surface area contributed by atoms with E-state index >= 15 is 0 Å². The number of benzene rings is 1. The van der Waals surface area contributed by atoms with Crippen molar-refractivity contribution in [3.05, 3.63) is 29.8 Å². The lowest BCUT2D eigenvalue weighted by Crippen LogP contribution is -2.51. The highest BCUT2D eigenvalue weighted by atomic mass is 16.5. The Morgan fingerprint density at radius 2 is 1.83 bits per heavy atom. The average Bonchev–Trinajstić information content (AvgIpc) is 3.14.